The maximum Gasteiger partial charge on any atom is 0.0861 e. The summed E-state index contributed by atoms with van der Waals surface area (Å²) in [6.07, 6.45) is 13.3. The van der Waals surface area contributed by atoms with Gasteiger partial charge in [0, 0.05) is 24.2 Å². The maximum atomic E-state index is 6.56. The Hall–Kier alpha value is -3.34. The van der Waals surface area contributed by atoms with Gasteiger partial charge in [-0.3, -0.25) is 0 Å². The monoisotopic (exact) mass is 708 g/mol. The van der Waals surface area contributed by atoms with Crippen LogP contribution in [-0.4, -0.2) is 12.8 Å². The Morgan fingerprint density at radius 3 is 1.58 bits per heavy atom. The Morgan fingerprint density at radius 1 is 0.625 bits per heavy atom. The van der Waals surface area contributed by atoms with E-state index in [4.69, 9.17) is 4.74 Å². The quantitative estimate of drug-likeness (QED) is 0.0755. The number of ether oxygens (including phenoxy) is 1. The Bertz CT molecular complexity index is 1610. The zero-order valence-corrected chi connectivity index (χ0v) is 30.9. The van der Waals surface area contributed by atoms with E-state index in [9.17, 15) is 0 Å². The molecule has 1 aliphatic carbocycles. The van der Waals surface area contributed by atoms with Crippen molar-refractivity contribution >= 4 is 42.4 Å². The van der Waals surface area contributed by atoms with Crippen LogP contribution in [0.4, 0.5) is 0 Å². The minimum atomic E-state index is -0.711. The van der Waals surface area contributed by atoms with Crippen LogP contribution >= 0.6 is 15.8 Å². The van der Waals surface area contributed by atoms with Crippen molar-refractivity contribution in [2.75, 3.05) is 7.11 Å². The Morgan fingerprint density at radius 2 is 1.10 bits per heavy atom. The normalized spacial score (nSPS) is 16.4. The number of methoxy groups -OCH3 is 1. The van der Waals surface area contributed by atoms with E-state index in [1.165, 1.54) is 51.3 Å². The molecule has 6 rings (SSSR count). The predicted octanol–water partition coefficient (Wildman–Crippen LogP) is 9.74. The molecular formula is C44H46FeOP2. The molecule has 0 N–H and O–H groups in total. The van der Waals surface area contributed by atoms with Gasteiger partial charge < -0.3 is 4.74 Å². The van der Waals surface area contributed by atoms with Gasteiger partial charge in [-0.2, -0.15) is 0 Å². The summed E-state index contributed by atoms with van der Waals surface area (Å²) in [6.45, 7) is 5.49. The van der Waals surface area contributed by atoms with E-state index in [-0.39, 0.29) is 23.2 Å². The molecule has 48 heavy (non-hydrogen) atoms. The van der Waals surface area contributed by atoms with E-state index in [1.807, 2.05) is 38.3 Å². The average molecular weight is 709 g/mol. The molecule has 0 aromatic heterocycles. The summed E-state index contributed by atoms with van der Waals surface area (Å²) >= 11 is 0. The van der Waals surface area contributed by atoms with Gasteiger partial charge in [-0.25, -0.2) is 0 Å². The van der Waals surface area contributed by atoms with Crippen LogP contribution in [0.5, 0.6) is 0 Å². The van der Waals surface area contributed by atoms with Gasteiger partial charge in [-0.1, -0.05) is 189 Å². The van der Waals surface area contributed by atoms with Gasteiger partial charge in [0.2, 0.25) is 0 Å². The molecule has 0 spiro atoms. The smallest absolute Gasteiger partial charge is 0.0861 e. The number of hydrogen-bond donors (Lipinski definition) is 0. The molecule has 246 valence electrons. The van der Waals surface area contributed by atoms with E-state index in [1.54, 1.807) is 6.08 Å². The first kappa shape index (κ1) is 37.5. The molecule has 1 fully saturated rings. The minimum absolute atomic E-state index is 0. The fraction of sp³-hybridized carbons (Fsp3) is 0.182. The molecule has 1 saturated carbocycles. The van der Waals surface area contributed by atoms with Crippen molar-refractivity contribution < 1.29 is 21.8 Å². The molecule has 1 nitrogen and oxygen atoms in total. The SMILES string of the molecule is C=CC=CC=CC.CO[C@H](c1ccccc1P(c1ccccc1)c1ccccc1)C1CCCC1P(c1ccccc1)c1ccccc1.[Fe]. The van der Waals surface area contributed by atoms with E-state index in [0.29, 0.717) is 11.6 Å². The van der Waals surface area contributed by atoms with Crippen molar-refractivity contribution in [2.45, 2.75) is 37.9 Å². The summed E-state index contributed by atoms with van der Waals surface area (Å²) in [4.78, 5) is 0. The largest absolute Gasteiger partial charge is 0.376 e. The molecule has 0 bridgehead atoms. The van der Waals surface area contributed by atoms with Crippen molar-refractivity contribution in [1.29, 1.82) is 0 Å². The Labute approximate surface area is 301 Å². The van der Waals surface area contributed by atoms with Crippen LogP contribution in [0.3, 0.4) is 0 Å². The molecule has 0 radical (unpaired) electrons. The van der Waals surface area contributed by atoms with Crippen molar-refractivity contribution in [3.63, 3.8) is 0 Å². The molecule has 1 aliphatic rings. The van der Waals surface area contributed by atoms with E-state index in [0.717, 1.165) is 0 Å². The summed E-state index contributed by atoms with van der Waals surface area (Å²) in [6, 6.07) is 53.6. The van der Waals surface area contributed by atoms with E-state index < -0.39 is 15.8 Å². The standard InChI is InChI=1S/C37H36OP2.C7H10.Fe/c1-38-37(34-26-16-28-36(34)40(31-21-10-4-11-22-31)32-23-12-5-13-24-32)33-25-14-15-27-35(33)39(29-17-6-2-7-18-29)30-19-8-3-9-20-30;1-3-5-7-6-4-2;/h2-15,17-25,27,34,36-37H,16,26,28H2,1H3;3-7H,1H2,2H3;/t34?,36?,37-;;/m1../s1. The molecule has 0 amide bonds. The van der Waals surface area contributed by atoms with Crippen molar-refractivity contribution in [3.05, 3.63) is 188 Å². The van der Waals surface area contributed by atoms with Crippen LogP contribution in [-0.2, 0) is 21.8 Å². The fourth-order valence-corrected chi connectivity index (χ4v) is 12.3. The second-order valence-corrected chi connectivity index (χ2v) is 16.2. The van der Waals surface area contributed by atoms with Gasteiger partial charge in [-0.15, -0.1) is 0 Å². The minimum Gasteiger partial charge on any atom is -0.376 e. The third kappa shape index (κ3) is 9.63. The number of benzene rings is 5. The van der Waals surface area contributed by atoms with Crippen molar-refractivity contribution in [2.24, 2.45) is 5.92 Å². The summed E-state index contributed by atoms with van der Waals surface area (Å²) < 4.78 is 6.56. The topological polar surface area (TPSA) is 9.23 Å². The van der Waals surface area contributed by atoms with E-state index in [2.05, 4.69) is 152 Å². The first-order valence-corrected chi connectivity index (χ1v) is 19.3. The third-order valence-corrected chi connectivity index (χ3v) is 14.2. The van der Waals surface area contributed by atoms with Gasteiger partial charge >= 0.3 is 0 Å². The Balaban J connectivity index is 0.000000589. The zero-order valence-electron chi connectivity index (χ0n) is 28.0. The van der Waals surface area contributed by atoms with Crippen LogP contribution in [0, 0.1) is 5.92 Å². The molecule has 2 unspecified atom stereocenters. The molecule has 0 saturated heterocycles. The second kappa shape index (κ2) is 20.2. The van der Waals surface area contributed by atoms with Crippen LogP contribution in [0.25, 0.3) is 0 Å². The van der Waals surface area contributed by atoms with Gasteiger partial charge in [-0.05, 0) is 79.3 Å². The van der Waals surface area contributed by atoms with Gasteiger partial charge in [0.25, 0.3) is 0 Å². The second-order valence-electron chi connectivity index (χ2n) is 11.6. The molecule has 5 aromatic carbocycles. The third-order valence-electron chi connectivity index (χ3n) is 8.64. The maximum absolute atomic E-state index is 6.56. The number of allylic oxidation sites excluding steroid dienone is 5. The summed E-state index contributed by atoms with van der Waals surface area (Å²) in [7, 11) is 0.710. The molecular weight excluding hydrogens is 662 g/mol. The summed E-state index contributed by atoms with van der Waals surface area (Å²) in [5.41, 5.74) is 1.93. The van der Waals surface area contributed by atoms with Crippen LogP contribution < -0.4 is 26.5 Å². The number of rotatable bonds is 11. The van der Waals surface area contributed by atoms with Gasteiger partial charge in [0.15, 0.2) is 0 Å². The molecule has 3 atom stereocenters. The van der Waals surface area contributed by atoms with Crippen LogP contribution in [0.15, 0.2) is 183 Å². The molecule has 0 aliphatic heterocycles. The van der Waals surface area contributed by atoms with Crippen molar-refractivity contribution in [1.82, 2.24) is 0 Å². The fourth-order valence-electron chi connectivity index (χ4n) is 6.65. The average Bonchev–Trinajstić information content (AvgIpc) is 3.61. The molecule has 5 aromatic rings. The first-order valence-electron chi connectivity index (χ1n) is 16.6. The predicted molar refractivity (Wildman–Crippen MR) is 209 cm³/mol. The van der Waals surface area contributed by atoms with Gasteiger partial charge in [0.05, 0.1) is 6.10 Å². The van der Waals surface area contributed by atoms with Crippen LogP contribution in [0.1, 0.15) is 37.9 Å². The van der Waals surface area contributed by atoms with Crippen LogP contribution in [0.2, 0.25) is 0 Å². The Kier molecular flexibility index (Phi) is 15.8. The number of hydrogen-bond acceptors (Lipinski definition) is 1. The molecule has 4 heteroatoms. The summed E-state index contributed by atoms with van der Waals surface area (Å²) in [5, 5.41) is 7.12. The summed E-state index contributed by atoms with van der Waals surface area (Å²) in [5.74, 6) is 0.459. The van der Waals surface area contributed by atoms with Gasteiger partial charge in [0.1, 0.15) is 0 Å². The van der Waals surface area contributed by atoms with E-state index >= 15 is 0 Å². The zero-order chi connectivity index (χ0) is 32.7. The van der Waals surface area contributed by atoms with Crippen molar-refractivity contribution in [3.8, 4) is 0 Å². The first-order chi connectivity index (χ1) is 23.3. The molecule has 0 heterocycles.